The Labute approximate surface area is 101 Å². The Morgan fingerprint density at radius 2 is 2.29 bits per heavy atom. The van der Waals surface area contributed by atoms with Gasteiger partial charge in [0.05, 0.1) is 13.5 Å². The first-order valence-electron chi connectivity index (χ1n) is 5.84. The monoisotopic (exact) mass is 235 g/mol. The topological polar surface area (TPSA) is 58.6 Å². The molecule has 0 bridgehead atoms. The van der Waals surface area contributed by atoms with E-state index < -0.39 is 0 Å². The zero-order chi connectivity index (χ0) is 12.3. The summed E-state index contributed by atoms with van der Waals surface area (Å²) in [6, 6.07) is 5.12. The first-order chi connectivity index (χ1) is 8.19. The summed E-state index contributed by atoms with van der Waals surface area (Å²) in [7, 11) is 1.56. The minimum Gasteiger partial charge on any atom is -0.508 e. The van der Waals surface area contributed by atoms with Crippen LogP contribution in [0.25, 0.3) is 0 Å². The van der Waals surface area contributed by atoms with Crippen LogP contribution in [0.4, 0.5) is 0 Å². The highest BCUT2D eigenvalue weighted by molar-refractivity contribution is 5.79. The van der Waals surface area contributed by atoms with Crippen LogP contribution in [-0.4, -0.2) is 24.2 Å². The lowest BCUT2D eigenvalue weighted by Crippen LogP contribution is -2.40. The third-order valence-corrected chi connectivity index (χ3v) is 3.09. The van der Waals surface area contributed by atoms with Gasteiger partial charge in [0.25, 0.3) is 0 Å². The smallest absolute Gasteiger partial charge is 0.224 e. The van der Waals surface area contributed by atoms with Crippen LogP contribution >= 0.6 is 0 Å². The molecule has 1 amide bonds. The summed E-state index contributed by atoms with van der Waals surface area (Å²) in [4.78, 5) is 11.7. The molecular formula is C13H17NO3. The van der Waals surface area contributed by atoms with Gasteiger partial charge in [0.15, 0.2) is 0 Å². The summed E-state index contributed by atoms with van der Waals surface area (Å²) in [5.74, 6) is 0.766. The maximum absolute atomic E-state index is 11.7. The van der Waals surface area contributed by atoms with Crippen LogP contribution in [0.1, 0.15) is 24.8 Å². The van der Waals surface area contributed by atoms with Crippen LogP contribution in [0, 0.1) is 0 Å². The molecule has 0 aliphatic heterocycles. The molecule has 17 heavy (non-hydrogen) atoms. The number of benzene rings is 1. The van der Waals surface area contributed by atoms with Crippen molar-refractivity contribution in [1.29, 1.82) is 0 Å². The van der Waals surface area contributed by atoms with Crippen LogP contribution in [0.2, 0.25) is 0 Å². The third-order valence-electron chi connectivity index (χ3n) is 3.09. The highest BCUT2D eigenvalue weighted by atomic mass is 16.5. The number of amides is 1. The summed E-state index contributed by atoms with van der Waals surface area (Å²) in [5, 5.41) is 12.4. The van der Waals surface area contributed by atoms with Crippen molar-refractivity contribution >= 4 is 5.91 Å². The molecule has 0 saturated heterocycles. The standard InChI is InChI=1S/C13H17NO3/c1-17-12-6-5-11(15)7-9(12)8-13(16)14-10-3-2-4-10/h5-7,10,15H,2-4,8H2,1H3,(H,14,16). The molecule has 2 rings (SSSR count). The Balaban J connectivity index is 2.00. The van der Waals surface area contributed by atoms with E-state index >= 15 is 0 Å². The Morgan fingerprint density at radius 1 is 1.53 bits per heavy atom. The number of methoxy groups -OCH3 is 1. The quantitative estimate of drug-likeness (QED) is 0.833. The summed E-state index contributed by atoms with van der Waals surface area (Å²) >= 11 is 0. The van der Waals surface area contributed by atoms with Gasteiger partial charge in [-0.15, -0.1) is 0 Å². The molecule has 1 aromatic rings. The third kappa shape index (κ3) is 2.90. The molecular weight excluding hydrogens is 218 g/mol. The van der Waals surface area contributed by atoms with Crippen LogP contribution in [0.5, 0.6) is 11.5 Å². The average molecular weight is 235 g/mol. The van der Waals surface area contributed by atoms with Gasteiger partial charge in [-0.1, -0.05) is 0 Å². The van der Waals surface area contributed by atoms with Crippen molar-refractivity contribution in [2.75, 3.05) is 7.11 Å². The van der Waals surface area contributed by atoms with E-state index in [1.54, 1.807) is 25.3 Å². The minimum absolute atomic E-state index is 0.0152. The first kappa shape index (κ1) is 11.8. The van der Waals surface area contributed by atoms with Gasteiger partial charge in [-0.25, -0.2) is 0 Å². The number of carbonyl (C=O) groups excluding carboxylic acids is 1. The average Bonchev–Trinajstić information content (AvgIpc) is 2.24. The fourth-order valence-corrected chi connectivity index (χ4v) is 1.91. The molecule has 4 heteroatoms. The zero-order valence-electron chi connectivity index (χ0n) is 9.90. The fraction of sp³-hybridized carbons (Fsp3) is 0.462. The zero-order valence-corrected chi connectivity index (χ0v) is 9.90. The van der Waals surface area contributed by atoms with Crippen LogP contribution < -0.4 is 10.1 Å². The van der Waals surface area contributed by atoms with Crippen LogP contribution in [0.15, 0.2) is 18.2 Å². The lowest BCUT2D eigenvalue weighted by Gasteiger charge is -2.26. The first-order valence-corrected chi connectivity index (χ1v) is 5.84. The van der Waals surface area contributed by atoms with E-state index in [0.29, 0.717) is 17.4 Å². The minimum atomic E-state index is -0.0152. The predicted octanol–water partition coefficient (Wildman–Crippen LogP) is 1.61. The number of nitrogens with one attached hydrogen (secondary N) is 1. The lowest BCUT2D eigenvalue weighted by molar-refractivity contribution is -0.121. The van der Waals surface area contributed by atoms with Crippen molar-refractivity contribution < 1.29 is 14.6 Å². The molecule has 0 radical (unpaired) electrons. The van der Waals surface area contributed by atoms with E-state index in [9.17, 15) is 9.90 Å². The molecule has 1 aliphatic carbocycles. The Bertz CT molecular complexity index is 413. The van der Waals surface area contributed by atoms with Gasteiger partial charge in [0.2, 0.25) is 5.91 Å². The number of phenols is 1. The van der Waals surface area contributed by atoms with E-state index in [0.717, 1.165) is 12.8 Å². The van der Waals surface area contributed by atoms with Crippen molar-refractivity contribution in [1.82, 2.24) is 5.32 Å². The summed E-state index contributed by atoms with van der Waals surface area (Å²) in [6.45, 7) is 0. The molecule has 4 nitrogen and oxygen atoms in total. The molecule has 1 fully saturated rings. The Hall–Kier alpha value is -1.71. The van der Waals surface area contributed by atoms with Gasteiger partial charge in [0, 0.05) is 11.6 Å². The maximum atomic E-state index is 11.7. The van der Waals surface area contributed by atoms with Gasteiger partial charge in [-0.2, -0.15) is 0 Å². The molecule has 0 atom stereocenters. The number of ether oxygens (including phenoxy) is 1. The molecule has 1 aliphatic rings. The lowest BCUT2D eigenvalue weighted by atomic mass is 9.93. The molecule has 2 N–H and O–H groups in total. The highest BCUT2D eigenvalue weighted by Crippen LogP contribution is 2.24. The maximum Gasteiger partial charge on any atom is 0.224 e. The summed E-state index contributed by atoms with van der Waals surface area (Å²) < 4.78 is 5.16. The van der Waals surface area contributed by atoms with E-state index in [1.807, 2.05) is 0 Å². The molecule has 0 heterocycles. The van der Waals surface area contributed by atoms with E-state index in [-0.39, 0.29) is 18.1 Å². The number of phenolic OH excluding ortho intramolecular Hbond substituents is 1. The second kappa shape index (κ2) is 5.08. The largest absolute Gasteiger partial charge is 0.508 e. The second-order valence-electron chi connectivity index (χ2n) is 4.37. The Kier molecular flexibility index (Phi) is 3.52. The number of carbonyl (C=O) groups is 1. The number of hydrogen-bond donors (Lipinski definition) is 2. The number of rotatable bonds is 4. The van der Waals surface area contributed by atoms with E-state index in [4.69, 9.17) is 4.74 Å². The molecule has 0 aromatic heterocycles. The van der Waals surface area contributed by atoms with Crippen molar-refractivity contribution in [3.8, 4) is 11.5 Å². The van der Waals surface area contributed by atoms with Gasteiger partial charge in [-0.05, 0) is 37.5 Å². The van der Waals surface area contributed by atoms with E-state index in [2.05, 4.69) is 5.32 Å². The molecule has 0 unspecified atom stereocenters. The van der Waals surface area contributed by atoms with Crippen LogP contribution in [0.3, 0.4) is 0 Å². The fourth-order valence-electron chi connectivity index (χ4n) is 1.91. The summed E-state index contributed by atoms with van der Waals surface area (Å²) in [6.07, 6.45) is 3.58. The molecule has 1 aromatic carbocycles. The van der Waals surface area contributed by atoms with Gasteiger partial charge in [-0.3, -0.25) is 4.79 Å². The van der Waals surface area contributed by atoms with Crippen molar-refractivity contribution in [2.24, 2.45) is 0 Å². The summed E-state index contributed by atoms with van der Waals surface area (Å²) in [5.41, 5.74) is 0.712. The van der Waals surface area contributed by atoms with Crippen LogP contribution in [-0.2, 0) is 11.2 Å². The van der Waals surface area contributed by atoms with Crippen molar-refractivity contribution in [3.63, 3.8) is 0 Å². The SMILES string of the molecule is COc1ccc(O)cc1CC(=O)NC1CCC1. The highest BCUT2D eigenvalue weighted by Gasteiger charge is 2.20. The van der Waals surface area contributed by atoms with Gasteiger partial charge in [0.1, 0.15) is 11.5 Å². The molecule has 92 valence electrons. The molecule has 0 spiro atoms. The Morgan fingerprint density at radius 3 is 2.88 bits per heavy atom. The van der Waals surface area contributed by atoms with E-state index in [1.165, 1.54) is 6.42 Å². The molecule has 1 saturated carbocycles. The number of hydrogen-bond acceptors (Lipinski definition) is 3. The van der Waals surface area contributed by atoms with Crippen molar-refractivity contribution in [3.05, 3.63) is 23.8 Å². The number of aromatic hydroxyl groups is 1. The van der Waals surface area contributed by atoms with Gasteiger partial charge < -0.3 is 15.2 Å². The second-order valence-corrected chi connectivity index (χ2v) is 4.37. The van der Waals surface area contributed by atoms with Gasteiger partial charge >= 0.3 is 0 Å². The van der Waals surface area contributed by atoms with Crippen molar-refractivity contribution in [2.45, 2.75) is 31.7 Å². The normalized spacial score (nSPS) is 15.1. The predicted molar refractivity (Wildman–Crippen MR) is 64.1 cm³/mol.